The molecule has 7 nitrogen and oxygen atoms in total. The summed E-state index contributed by atoms with van der Waals surface area (Å²) in [4.78, 5) is 26.8. The molecule has 1 aliphatic heterocycles. The van der Waals surface area contributed by atoms with Gasteiger partial charge in [-0.3, -0.25) is 14.3 Å². The molecule has 3 atom stereocenters. The van der Waals surface area contributed by atoms with E-state index in [1.165, 1.54) is 7.11 Å². The number of nitriles is 1. The molecule has 2 heterocycles. The van der Waals surface area contributed by atoms with Crippen LogP contribution in [-0.2, 0) is 20.7 Å². The van der Waals surface area contributed by atoms with Gasteiger partial charge in [0.15, 0.2) is 0 Å². The van der Waals surface area contributed by atoms with Crippen LogP contribution in [0.3, 0.4) is 0 Å². The van der Waals surface area contributed by atoms with Crippen molar-refractivity contribution in [1.82, 2.24) is 9.47 Å². The summed E-state index contributed by atoms with van der Waals surface area (Å²) in [6, 6.07) is 10.1. The fourth-order valence-corrected chi connectivity index (χ4v) is 4.94. The highest BCUT2D eigenvalue weighted by Gasteiger charge is 2.35. The maximum atomic E-state index is 12.8. The summed E-state index contributed by atoms with van der Waals surface area (Å²) in [5.41, 5.74) is 1.30. The molecule has 0 N–H and O–H groups in total. The highest BCUT2D eigenvalue weighted by molar-refractivity contribution is 5.92. The van der Waals surface area contributed by atoms with Crippen molar-refractivity contribution in [1.29, 1.82) is 5.26 Å². The van der Waals surface area contributed by atoms with Crippen LogP contribution in [-0.4, -0.2) is 53.4 Å². The molecule has 1 aliphatic rings. The zero-order valence-corrected chi connectivity index (χ0v) is 21.0. The molecule has 0 saturated carbocycles. The number of para-hydroxylation sites is 1. The van der Waals surface area contributed by atoms with Crippen molar-refractivity contribution in [3.05, 3.63) is 36.0 Å². The predicted octanol–water partition coefficient (Wildman–Crippen LogP) is 5.16. The van der Waals surface area contributed by atoms with Crippen LogP contribution in [0.1, 0.15) is 58.9 Å². The second kappa shape index (κ2) is 11.1. The molecule has 3 rings (SSSR count). The van der Waals surface area contributed by atoms with E-state index < -0.39 is 11.7 Å². The lowest BCUT2D eigenvalue weighted by Gasteiger charge is -2.41. The first-order valence-electron chi connectivity index (χ1n) is 12.2. The Morgan fingerprint density at radius 2 is 1.97 bits per heavy atom. The number of rotatable bonds is 7. The monoisotopic (exact) mass is 467 g/mol. The van der Waals surface area contributed by atoms with Gasteiger partial charge in [-0.25, -0.2) is 4.79 Å². The number of likely N-dealkylation sites (tertiary alicyclic amines) is 1. The molecule has 7 heteroatoms. The summed E-state index contributed by atoms with van der Waals surface area (Å²) in [5.74, 6) is 0.415. The largest absolute Gasteiger partial charge is 0.469 e. The Bertz CT molecular complexity index is 1050. The number of aromatic nitrogens is 1. The fraction of sp³-hybridized carbons (Fsp3) is 0.593. The minimum absolute atomic E-state index is 0.144. The van der Waals surface area contributed by atoms with Crippen LogP contribution in [0.4, 0.5) is 4.79 Å². The summed E-state index contributed by atoms with van der Waals surface area (Å²) in [6.45, 7) is 9.34. The van der Waals surface area contributed by atoms with Gasteiger partial charge in [0, 0.05) is 31.1 Å². The molecule has 1 aromatic heterocycles. The molecule has 0 aliphatic carbocycles. The van der Waals surface area contributed by atoms with Crippen LogP contribution in [0.2, 0.25) is 0 Å². The number of benzene rings is 1. The summed E-state index contributed by atoms with van der Waals surface area (Å²) in [7, 11) is 1.40. The maximum Gasteiger partial charge on any atom is 0.419 e. The molecule has 1 aromatic carbocycles. The number of methoxy groups -OCH3 is 1. The summed E-state index contributed by atoms with van der Waals surface area (Å²) in [5, 5.41) is 11.0. The topological polar surface area (TPSA) is 84.6 Å². The minimum Gasteiger partial charge on any atom is -0.469 e. The van der Waals surface area contributed by atoms with E-state index >= 15 is 0 Å². The first kappa shape index (κ1) is 25.8. The predicted molar refractivity (Wildman–Crippen MR) is 131 cm³/mol. The van der Waals surface area contributed by atoms with Gasteiger partial charge in [-0.2, -0.15) is 5.26 Å². The number of nitrogens with zero attached hydrogens (tertiary/aromatic N) is 3. The quantitative estimate of drug-likeness (QED) is 0.523. The van der Waals surface area contributed by atoms with E-state index in [1.54, 1.807) is 4.57 Å². The normalized spacial score (nSPS) is 21.2. The van der Waals surface area contributed by atoms with Crippen molar-refractivity contribution in [2.24, 2.45) is 11.8 Å². The SMILES string of the molecule is CCC1CC(CCC(=O)OC)C(C#N)N(CCc2cn(C(=O)OC(C)(C)C)c3ccccc23)C1. The zero-order valence-electron chi connectivity index (χ0n) is 21.0. The number of ether oxygens (including phenoxy) is 2. The van der Waals surface area contributed by atoms with Crippen LogP contribution >= 0.6 is 0 Å². The lowest BCUT2D eigenvalue weighted by atomic mass is 9.79. The first-order chi connectivity index (χ1) is 16.2. The second-order valence-electron chi connectivity index (χ2n) is 10.2. The van der Waals surface area contributed by atoms with Gasteiger partial charge >= 0.3 is 12.1 Å². The highest BCUT2D eigenvalue weighted by atomic mass is 16.6. The standard InChI is InChI=1S/C27H37N3O4/c1-6-19-15-20(11-12-25(31)33-5)24(16-28)29(17-19)14-13-21-18-30(26(32)34-27(2,3)4)23-10-8-7-9-22(21)23/h7-10,18-20,24H,6,11-15,17H2,1-5H3. The van der Waals surface area contributed by atoms with Crippen molar-refractivity contribution in [3.8, 4) is 6.07 Å². The molecular weight excluding hydrogens is 430 g/mol. The first-order valence-corrected chi connectivity index (χ1v) is 12.2. The maximum absolute atomic E-state index is 12.8. The summed E-state index contributed by atoms with van der Waals surface area (Å²) < 4.78 is 12.0. The van der Waals surface area contributed by atoms with Gasteiger partial charge in [0.05, 0.1) is 18.7 Å². The number of fused-ring (bicyclic) bond motifs is 1. The van der Waals surface area contributed by atoms with Crippen LogP contribution in [0.25, 0.3) is 10.9 Å². The Hall–Kier alpha value is -2.85. The molecule has 0 radical (unpaired) electrons. The minimum atomic E-state index is -0.579. The number of hydrogen-bond donors (Lipinski definition) is 0. The molecular formula is C27H37N3O4. The summed E-state index contributed by atoms with van der Waals surface area (Å²) in [6.07, 6.45) is 5.20. The van der Waals surface area contributed by atoms with E-state index in [9.17, 15) is 14.9 Å². The Morgan fingerprint density at radius 3 is 2.62 bits per heavy atom. The van der Waals surface area contributed by atoms with Crippen LogP contribution in [0.5, 0.6) is 0 Å². The molecule has 0 spiro atoms. The van der Waals surface area contributed by atoms with Crippen molar-refractivity contribution < 1.29 is 19.1 Å². The molecule has 1 fully saturated rings. The molecule has 0 amide bonds. The van der Waals surface area contributed by atoms with Crippen molar-refractivity contribution in [3.63, 3.8) is 0 Å². The average Bonchev–Trinajstić information content (AvgIpc) is 3.18. The Kier molecular flexibility index (Phi) is 8.37. The van der Waals surface area contributed by atoms with E-state index in [1.807, 2.05) is 51.2 Å². The smallest absolute Gasteiger partial charge is 0.419 e. The van der Waals surface area contributed by atoms with Gasteiger partial charge in [-0.1, -0.05) is 31.5 Å². The van der Waals surface area contributed by atoms with Crippen molar-refractivity contribution in [2.45, 2.75) is 71.4 Å². The Morgan fingerprint density at radius 1 is 1.24 bits per heavy atom. The molecule has 3 unspecified atom stereocenters. The molecule has 2 aromatic rings. The Labute approximate surface area is 202 Å². The van der Waals surface area contributed by atoms with E-state index in [4.69, 9.17) is 9.47 Å². The van der Waals surface area contributed by atoms with E-state index in [2.05, 4.69) is 17.9 Å². The van der Waals surface area contributed by atoms with E-state index in [-0.39, 0.29) is 17.9 Å². The molecule has 1 saturated heterocycles. The van der Waals surface area contributed by atoms with Crippen LogP contribution in [0.15, 0.2) is 30.5 Å². The lowest BCUT2D eigenvalue weighted by molar-refractivity contribution is -0.141. The molecule has 184 valence electrons. The van der Waals surface area contributed by atoms with Gasteiger partial charge in [0.2, 0.25) is 0 Å². The van der Waals surface area contributed by atoms with Crippen molar-refractivity contribution in [2.75, 3.05) is 20.2 Å². The third-order valence-corrected chi connectivity index (χ3v) is 6.68. The van der Waals surface area contributed by atoms with Crippen LogP contribution in [0, 0.1) is 23.2 Å². The number of piperidine rings is 1. The van der Waals surface area contributed by atoms with Crippen molar-refractivity contribution >= 4 is 23.0 Å². The summed E-state index contributed by atoms with van der Waals surface area (Å²) >= 11 is 0. The van der Waals surface area contributed by atoms with Gasteiger partial charge in [-0.05, 0) is 63.5 Å². The average molecular weight is 468 g/mol. The van der Waals surface area contributed by atoms with Gasteiger partial charge < -0.3 is 9.47 Å². The van der Waals surface area contributed by atoms with Gasteiger partial charge in [-0.15, -0.1) is 0 Å². The number of carbonyl (C=O) groups excluding carboxylic acids is 2. The Balaban J connectivity index is 1.80. The fourth-order valence-electron chi connectivity index (χ4n) is 4.94. The highest BCUT2D eigenvalue weighted by Crippen LogP contribution is 2.33. The molecule has 34 heavy (non-hydrogen) atoms. The third kappa shape index (κ3) is 6.18. The zero-order chi connectivity index (χ0) is 24.9. The molecule has 0 bridgehead atoms. The van der Waals surface area contributed by atoms with Gasteiger partial charge in [0.25, 0.3) is 0 Å². The van der Waals surface area contributed by atoms with E-state index in [0.717, 1.165) is 35.9 Å². The number of hydrogen-bond acceptors (Lipinski definition) is 6. The van der Waals surface area contributed by atoms with Crippen LogP contribution < -0.4 is 0 Å². The second-order valence-corrected chi connectivity index (χ2v) is 10.2. The van der Waals surface area contributed by atoms with E-state index in [0.29, 0.717) is 31.7 Å². The number of carbonyl (C=O) groups is 2. The lowest BCUT2D eigenvalue weighted by Crippen LogP contribution is -2.48. The van der Waals surface area contributed by atoms with Gasteiger partial charge in [0.1, 0.15) is 11.6 Å². The third-order valence-electron chi connectivity index (χ3n) is 6.68. The number of esters is 1.